The summed E-state index contributed by atoms with van der Waals surface area (Å²) in [5.74, 6) is -0.217. The third-order valence-corrected chi connectivity index (χ3v) is 5.03. The first kappa shape index (κ1) is 14.2. The molecule has 2 aromatic rings. The van der Waals surface area contributed by atoms with Crippen LogP contribution in [0.5, 0.6) is 0 Å². The zero-order chi connectivity index (χ0) is 14.2. The Morgan fingerprint density at radius 3 is 2.32 bits per heavy atom. The summed E-state index contributed by atoms with van der Waals surface area (Å²) in [4.78, 5) is 5.76. The van der Waals surface area contributed by atoms with Crippen molar-refractivity contribution >= 4 is 11.3 Å². The van der Waals surface area contributed by atoms with E-state index in [1.807, 2.05) is 26.0 Å². The van der Waals surface area contributed by atoms with Crippen LogP contribution in [-0.2, 0) is 5.41 Å². The molecule has 1 aromatic carbocycles. The maximum Gasteiger partial charge on any atom is 0.123 e. The summed E-state index contributed by atoms with van der Waals surface area (Å²) >= 11 is 1.64. The quantitative estimate of drug-likeness (QED) is 0.923. The Morgan fingerprint density at radius 2 is 1.84 bits per heavy atom. The van der Waals surface area contributed by atoms with E-state index >= 15 is 0 Å². The van der Waals surface area contributed by atoms with E-state index in [1.165, 1.54) is 12.1 Å². The Hall–Kier alpha value is -1.26. The van der Waals surface area contributed by atoms with E-state index in [9.17, 15) is 4.39 Å². The van der Waals surface area contributed by atoms with E-state index in [4.69, 9.17) is 5.73 Å². The summed E-state index contributed by atoms with van der Waals surface area (Å²) in [6.45, 7) is 8.15. The summed E-state index contributed by atoms with van der Waals surface area (Å²) in [5, 5.41) is 1.02. The molecule has 1 heterocycles. The Kier molecular flexibility index (Phi) is 3.74. The van der Waals surface area contributed by atoms with Crippen LogP contribution >= 0.6 is 11.3 Å². The molecule has 0 radical (unpaired) electrons. The van der Waals surface area contributed by atoms with Crippen LogP contribution in [0.15, 0.2) is 24.3 Å². The number of nitrogens with zero attached hydrogens (tertiary/aromatic N) is 1. The van der Waals surface area contributed by atoms with Gasteiger partial charge < -0.3 is 5.73 Å². The first-order valence-electron chi connectivity index (χ1n) is 6.32. The summed E-state index contributed by atoms with van der Waals surface area (Å²) in [6.07, 6.45) is 0. The molecular weight excluding hydrogens is 259 g/mol. The average Bonchev–Trinajstić information content (AvgIpc) is 2.72. The van der Waals surface area contributed by atoms with Crippen molar-refractivity contribution in [1.82, 2.24) is 4.98 Å². The molecular formula is C15H19FN2S. The number of hydrogen-bond acceptors (Lipinski definition) is 3. The van der Waals surface area contributed by atoms with Crippen LogP contribution in [0.3, 0.4) is 0 Å². The van der Waals surface area contributed by atoms with E-state index in [-0.39, 0.29) is 17.3 Å². The minimum absolute atomic E-state index is 0.00438. The zero-order valence-electron chi connectivity index (χ0n) is 11.7. The van der Waals surface area contributed by atoms with Crippen molar-refractivity contribution in [2.45, 2.75) is 39.2 Å². The highest BCUT2D eigenvalue weighted by molar-refractivity contribution is 7.12. The Labute approximate surface area is 117 Å². The number of aromatic nitrogens is 1. The zero-order valence-corrected chi connectivity index (χ0v) is 12.5. The molecule has 0 saturated carbocycles. The van der Waals surface area contributed by atoms with Gasteiger partial charge in [0.25, 0.3) is 0 Å². The summed E-state index contributed by atoms with van der Waals surface area (Å²) < 4.78 is 13.0. The summed E-state index contributed by atoms with van der Waals surface area (Å²) in [5.41, 5.74) is 7.76. The van der Waals surface area contributed by atoms with Crippen LogP contribution < -0.4 is 5.73 Å². The van der Waals surface area contributed by atoms with E-state index in [0.29, 0.717) is 0 Å². The lowest BCUT2D eigenvalue weighted by Crippen LogP contribution is -2.18. The molecule has 19 heavy (non-hydrogen) atoms. The van der Waals surface area contributed by atoms with Gasteiger partial charge in [0.05, 0.1) is 5.69 Å². The second kappa shape index (κ2) is 5.02. The largest absolute Gasteiger partial charge is 0.323 e. The number of thiazole rings is 1. The smallest absolute Gasteiger partial charge is 0.123 e. The second-order valence-electron chi connectivity index (χ2n) is 5.39. The molecule has 0 fully saturated rings. The van der Waals surface area contributed by atoms with Crippen molar-refractivity contribution in [3.63, 3.8) is 0 Å². The van der Waals surface area contributed by atoms with Crippen molar-refractivity contribution in [3.8, 4) is 0 Å². The molecule has 1 aromatic heterocycles. The van der Waals surface area contributed by atoms with Gasteiger partial charge in [0.2, 0.25) is 0 Å². The molecule has 0 saturated heterocycles. The van der Waals surface area contributed by atoms with E-state index in [0.717, 1.165) is 21.1 Å². The third kappa shape index (κ3) is 2.69. The van der Waals surface area contributed by atoms with E-state index < -0.39 is 0 Å². The minimum atomic E-state index is -0.240. The van der Waals surface area contributed by atoms with Gasteiger partial charge in [-0.3, -0.25) is 0 Å². The average molecular weight is 278 g/mol. The Bertz CT molecular complexity index is 570. The second-order valence-corrected chi connectivity index (χ2v) is 6.42. The van der Waals surface area contributed by atoms with Crippen LogP contribution in [0.2, 0.25) is 0 Å². The number of hydrogen-bond donors (Lipinski definition) is 1. The number of nitrogens with two attached hydrogens (primary N) is 1. The van der Waals surface area contributed by atoms with Gasteiger partial charge in [-0.15, -0.1) is 11.3 Å². The molecule has 4 heteroatoms. The number of aryl methyl sites for hydroxylation is 1. The topological polar surface area (TPSA) is 38.9 Å². The Morgan fingerprint density at radius 1 is 1.26 bits per heavy atom. The van der Waals surface area contributed by atoms with Gasteiger partial charge >= 0.3 is 0 Å². The normalized spacial score (nSPS) is 13.6. The lowest BCUT2D eigenvalue weighted by atomic mass is 9.85. The fourth-order valence-electron chi connectivity index (χ4n) is 2.09. The fraction of sp³-hybridized carbons (Fsp3) is 0.400. The maximum absolute atomic E-state index is 13.0. The van der Waals surface area contributed by atoms with Gasteiger partial charge in [0.1, 0.15) is 10.8 Å². The predicted molar refractivity (Wildman–Crippen MR) is 78.0 cm³/mol. The maximum atomic E-state index is 13.0. The van der Waals surface area contributed by atoms with Gasteiger partial charge in [0.15, 0.2) is 0 Å². The van der Waals surface area contributed by atoms with Crippen molar-refractivity contribution in [3.05, 3.63) is 51.2 Å². The molecule has 0 aliphatic carbocycles. The fourth-order valence-corrected chi connectivity index (χ4v) is 3.23. The van der Waals surface area contributed by atoms with E-state index in [2.05, 4.69) is 18.8 Å². The highest BCUT2D eigenvalue weighted by Gasteiger charge is 2.28. The monoisotopic (exact) mass is 278 g/mol. The molecule has 2 nitrogen and oxygen atoms in total. The molecule has 0 aliphatic heterocycles. The van der Waals surface area contributed by atoms with Crippen LogP contribution in [-0.4, -0.2) is 4.98 Å². The predicted octanol–water partition coefficient (Wildman–Crippen LogP) is 3.94. The lowest BCUT2D eigenvalue weighted by molar-refractivity contribution is 0.611. The molecule has 1 atom stereocenters. The third-order valence-electron chi connectivity index (χ3n) is 3.35. The van der Waals surface area contributed by atoms with Crippen LogP contribution in [0, 0.1) is 12.7 Å². The molecule has 0 amide bonds. The lowest BCUT2D eigenvalue weighted by Gasteiger charge is -2.22. The number of rotatable bonds is 3. The van der Waals surface area contributed by atoms with Crippen LogP contribution in [0.4, 0.5) is 4.39 Å². The van der Waals surface area contributed by atoms with Gasteiger partial charge in [-0.1, -0.05) is 12.1 Å². The first-order valence-corrected chi connectivity index (χ1v) is 7.13. The van der Waals surface area contributed by atoms with Crippen molar-refractivity contribution in [1.29, 1.82) is 0 Å². The Balaban J connectivity index is 2.44. The standard InChI is InChI=1S/C15H19FN2S/c1-9(17)13-10(2)18-14(19-13)15(3,4)11-5-7-12(16)8-6-11/h5-9H,17H2,1-4H3. The molecule has 0 aliphatic rings. The number of halogens is 1. The molecule has 102 valence electrons. The highest BCUT2D eigenvalue weighted by atomic mass is 32.1. The van der Waals surface area contributed by atoms with Gasteiger partial charge in [-0.05, 0) is 45.4 Å². The summed E-state index contributed by atoms with van der Waals surface area (Å²) in [7, 11) is 0. The molecule has 0 bridgehead atoms. The van der Waals surface area contributed by atoms with Crippen LogP contribution in [0.25, 0.3) is 0 Å². The van der Waals surface area contributed by atoms with E-state index in [1.54, 1.807) is 11.3 Å². The van der Waals surface area contributed by atoms with Crippen molar-refractivity contribution in [2.75, 3.05) is 0 Å². The molecule has 2 N–H and O–H groups in total. The minimum Gasteiger partial charge on any atom is -0.323 e. The molecule has 0 spiro atoms. The van der Waals surface area contributed by atoms with Crippen LogP contribution in [0.1, 0.15) is 48.0 Å². The first-order chi connectivity index (χ1) is 8.82. The molecule has 2 rings (SSSR count). The van der Waals surface area contributed by atoms with Gasteiger partial charge in [-0.25, -0.2) is 9.37 Å². The van der Waals surface area contributed by atoms with Crippen molar-refractivity contribution < 1.29 is 4.39 Å². The van der Waals surface area contributed by atoms with Gasteiger partial charge in [0, 0.05) is 16.3 Å². The SMILES string of the molecule is Cc1nc(C(C)(C)c2ccc(F)cc2)sc1C(C)N. The van der Waals surface area contributed by atoms with Crippen molar-refractivity contribution in [2.24, 2.45) is 5.73 Å². The van der Waals surface area contributed by atoms with Gasteiger partial charge in [-0.2, -0.15) is 0 Å². The summed E-state index contributed by atoms with van der Waals surface area (Å²) in [6, 6.07) is 6.61. The highest BCUT2D eigenvalue weighted by Crippen LogP contribution is 2.36. The molecule has 1 unspecified atom stereocenters. The number of benzene rings is 1.